The summed E-state index contributed by atoms with van der Waals surface area (Å²) in [5.41, 5.74) is 0. The third-order valence-corrected chi connectivity index (χ3v) is 4.09. The number of carbonyl (C=O) groups excluding carboxylic acids is 2. The third-order valence-electron chi connectivity index (χ3n) is 4.09. The molecule has 5 heteroatoms. The maximum atomic E-state index is 12.0. The van der Waals surface area contributed by atoms with Crippen LogP contribution in [0.5, 0.6) is 0 Å². The molecule has 2 fully saturated rings. The molecule has 1 saturated heterocycles. The van der Waals surface area contributed by atoms with Gasteiger partial charge in [-0.3, -0.25) is 9.59 Å². The Morgan fingerprint density at radius 1 is 1.28 bits per heavy atom. The largest absolute Gasteiger partial charge is 0.347 e. The third kappa shape index (κ3) is 3.02. The van der Waals surface area contributed by atoms with Gasteiger partial charge in [0, 0.05) is 20.1 Å². The molecule has 2 amide bonds. The second-order valence-corrected chi connectivity index (χ2v) is 5.61. The van der Waals surface area contributed by atoms with Gasteiger partial charge in [0.15, 0.2) is 0 Å². The summed E-state index contributed by atoms with van der Waals surface area (Å²) in [7, 11) is 3.38. The Morgan fingerprint density at radius 2 is 2.00 bits per heavy atom. The second-order valence-electron chi connectivity index (χ2n) is 5.61. The van der Waals surface area contributed by atoms with Crippen molar-refractivity contribution in [3.05, 3.63) is 0 Å². The summed E-state index contributed by atoms with van der Waals surface area (Å²) >= 11 is 0. The fourth-order valence-electron chi connectivity index (χ4n) is 2.97. The van der Waals surface area contributed by atoms with E-state index in [-0.39, 0.29) is 24.4 Å². The maximum absolute atomic E-state index is 12.0. The topological polar surface area (TPSA) is 61.4 Å². The number of hydrogen-bond donors (Lipinski definition) is 2. The van der Waals surface area contributed by atoms with Crippen LogP contribution in [0.4, 0.5) is 0 Å². The molecule has 1 aliphatic heterocycles. The lowest BCUT2D eigenvalue weighted by Gasteiger charge is -2.24. The van der Waals surface area contributed by atoms with Gasteiger partial charge in [0.1, 0.15) is 0 Å². The van der Waals surface area contributed by atoms with E-state index in [4.69, 9.17) is 0 Å². The van der Waals surface area contributed by atoms with Crippen molar-refractivity contribution in [2.45, 2.75) is 44.2 Å². The standard InChI is InChI=1S/C13H23N3O2/c1-16(2)12(17)8-14-13(18)11-7-9-5-3-4-6-10(9)15-11/h9-11,15H,3-8H2,1-2H3,(H,14,18). The van der Waals surface area contributed by atoms with E-state index in [0.29, 0.717) is 12.0 Å². The number of rotatable bonds is 3. The van der Waals surface area contributed by atoms with Crippen LogP contribution in [0.15, 0.2) is 0 Å². The van der Waals surface area contributed by atoms with E-state index in [1.165, 1.54) is 30.6 Å². The van der Waals surface area contributed by atoms with Crippen LogP contribution < -0.4 is 10.6 Å². The Balaban J connectivity index is 1.78. The van der Waals surface area contributed by atoms with Gasteiger partial charge in [-0.15, -0.1) is 0 Å². The fraction of sp³-hybridized carbons (Fsp3) is 0.846. The summed E-state index contributed by atoms with van der Waals surface area (Å²) in [6, 6.07) is 0.409. The Hall–Kier alpha value is -1.10. The fourth-order valence-corrected chi connectivity index (χ4v) is 2.97. The molecule has 0 bridgehead atoms. The van der Waals surface area contributed by atoms with Crippen LogP contribution >= 0.6 is 0 Å². The van der Waals surface area contributed by atoms with E-state index in [9.17, 15) is 9.59 Å². The molecule has 0 aromatic heterocycles. The molecule has 2 aliphatic rings. The molecule has 1 aliphatic carbocycles. The Bertz CT molecular complexity index is 316. The summed E-state index contributed by atoms with van der Waals surface area (Å²) in [5, 5.41) is 6.13. The van der Waals surface area contributed by atoms with E-state index < -0.39 is 0 Å². The molecular weight excluding hydrogens is 230 g/mol. The average molecular weight is 253 g/mol. The molecule has 0 spiro atoms. The number of nitrogens with zero attached hydrogens (tertiary/aromatic N) is 1. The van der Waals surface area contributed by atoms with Gasteiger partial charge in [0.25, 0.3) is 0 Å². The summed E-state index contributed by atoms with van der Waals surface area (Å²) in [6.45, 7) is 0.0966. The number of likely N-dealkylation sites (N-methyl/N-ethyl adjacent to an activating group) is 1. The number of amides is 2. The lowest BCUT2D eigenvalue weighted by Crippen LogP contribution is -2.46. The minimum absolute atomic E-state index is 0.0281. The molecule has 1 saturated carbocycles. The minimum atomic E-state index is -0.104. The predicted molar refractivity (Wildman–Crippen MR) is 69.0 cm³/mol. The highest BCUT2D eigenvalue weighted by Gasteiger charge is 2.38. The first-order valence-corrected chi connectivity index (χ1v) is 6.82. The van der Waals surface area contributed by atoms with Gasteiger partial charge in [-0.05, 0) is 25.2 Å². The molecule has 1 heterocycles. The van der Waals surface area contributed by atoms with Crippen molar-refractivity contribution in [3.63, 3.8) is 0 Å². The molecule has 0 aromatic carbocycles. The van der Waals surface area contributed by atoms with E-state index in [1.54, 1.807) is 14.1 Å². The van der Waals surface area contributed by atoms with Crippen LogP contribution in [0.3, 0.4) is 0 Å². The summed E-state index contributed by atoms with van der Waals surface area (Å²) in [5.74, 6) is 0.553. The molecule has 0 radical (unpaired) electrons. The molecule has 102 valence electrons. The van der Waals surface area contributed by atoms with Crippen LogP contribution in [0.25, 0.3) is 0 Å². The van der Waals surface area contributed by atoms with Crippen molar-refractivity contribution < 1.29 is 9.59 Å². The smallest absolute Gasteiger partial charge is 0.241 e. The minimum Gasteiger partial charge on any atom is -0.347 e. The molecule has 5 nitrogen and oxygen atoms in total. The number of hydrogen-bond acceptors (Lipinski definition) is 3. The highest BCUT2D eigenvalue weighted by molar-refractivity contribution is 5.87. The zero-order valence-electron chi connectivity index (χ0n) is 11.2. The Labute approximate surface area is 108 Å². The van der Waals surface area contributed by atoms with Crippen LogP contribution in [-0.2, 0) is 9.59 Å². The van der Waals surface area contributed by atoms with Crippen molar-refractivity contribution in [1.29, 1.82) is 0 Å². The van der Waals surface area contributed by atoms with Gasteiger partial charge in [-0.1, -0.05) is 12.8 Å². The van der Waals surface area contributed by atoms with E-state index in [2.05, 4.69) is 10.6 Å². The zero-order valence-corrected chi connectivity index (χ0v) is 11.2. The molecule has 0 aromatic rings. The highest BCUT2D eigenvalue weighted by Crippen LogP contribution is 2.33. The summed E-state index contributed by atoms with van der Waals surface area (Å²) in [6.07, 6.45) is 5.90. The first-order valence-electron chi connectivity index (χ1n) is 6.82. The number of carbonyl (C=O) groups is 2. The normalized spacial score (nSPS) is 30.7. The van der Waals surface area contributed by atoms with E-state index in [0.717, 1.165) is 6.42 Å². The predicted octanol–water partition coefficient (Wildman–Crippen LogP) is 0.112. The van der Waals surface area contributed by atoms with Crippen LogP contribution in [0.2, 0.25) is 0 Å². The van der Waals surface area contributed by atoms with Gasteiger partial charge in [-0.2, -0.15) is 0 Å². The molecule has 3 unspecified atom stereocenters. The lowest BCUT2D eigenvalue weighted by atomic mass is 9.85. The SMILES string of the molecule is CN(C)C(=O)CNC(=O)C1CC2CCCCC2N1. The Morgan fingerprint density at radius 3 is 2.67 bits per heavy atom. The molecular formula is C13H23N3O2. The van der Waals surface area contributed by atoms with Gasteiger partial charge in [0.05, 0.1) is 12.6 Å². The average Bonchev–Trinajstić information content (AvgIpc) is 2.79. The molecule has 3 atom stereocenters. The van der Waals surface area contributed by atoms with Gasteiger partial charge < -0.3 is 15.5 Å². The maximum Gasteiger partial charge on any atom is 0.241 e. The summed E-state index contributed by atoms with van der Waals surface area (Å²) in [4.78, 5) is 24.9. The molecule has 2 N–H and O–H groups in total. The summed E-state index contributed by atoms with van der Waals surface area (Å²) < 4.78 is 0. The number of fused-ring (bicyclic) bond motifs is 1. The monoisotopic (exact) mass is 253 g/mol. The van der Waals surface area contributed by atoms with Crippen LogP contribution in [-0.4, -0.2) is 49.4 Å². The van der Waals surface area contributed by atoms with E-state index >= 15 is 0 Å². The van der Waals surface area contributed by atoms with Crippen molar-refractivity contribution in [2.75, 3.05) is 20.6 Å². The van der Waals surface area contributed by atoms with Gasteiger partial charge >= 0.3 is 0 Å². The van der Waals surface area contributed by atoms with Crippen molar-refractivity contribution in [2.24, 2.45) is 5.92 Å². The quantitative estimate of drug-likeness (QED) is 0.750. The van der Waals surface area contributed by atoms with Crippen LogP contribution in [0, 0.1) is 5.92 Å². The van der Waals surface area contributed by atoms with Crippen molar-refractivity contribution >= 4 is 11.8 Å². The van der Waals surface area contributed by atoms with Crippen molar-refractivity contribution in [1.82, 2.24) is 15.5 Å². The Kier molecular flexibility index (Phi) is 4.22. The first-order chi connectivity index (χ1) is 8.58. The van der Waals surface area contributed by atoms with Crippen LogP contribution in [0.1, 0.15) is 32.1 Å². The highest BCUT2D eigenvalue weighted by atomic mass is 16.2. The van der Waals surface area contributed by atoms with Gasteiger partial charge in [0.2, 0.25) is 11.8 Å². The first kappa shape index (κ1) is 13.3. The van der Waals surface area contributed by atoms with Gasteiger partial charge in [-0.25, -0.2) is 0 Å². The second kappa shape index (κ2) is 5.69. The zero-order chi connectivity index (χ0) is 13.1. The lowest BCUT2D eigenvalue weighted by molar-refractivity contribution is -0.131. The number of nitrogens with one attached hydrogen (secondary N) is 2. The molecule has 18 heavy (non-hydrogen) atoms. The van der Waals surface area contributed by atoms with Crippen molar-refractivity contribution in [3.8, 4) is 0 Å². The van der Waals surface area contributed by atoms with E-state index in [1.807, 2.05) is 0 Å². The molecule has 2 rings (SSSR count).